The number of aromatic nitrogens is 2. The van der Waals surface area contributed by atoms with Crippen molar-refractivity contribution in [3.63, 3.8) is 0 Å². The molecular weight excluding hydrogens is 226 g/mol. The summed E-state index contributed by atoms with van der Waals surface area (Å²) in [6, 6.07) is 0. The number of imidazole rings is 1. The largest absolute Gasteiger partial charge is 0.344 e. The molecule has 2 heterocycles. The minimum atomic E-state index is 0.999. The van der Waals surface area contributed by atoms with E-state index >= 15 is 0 Å². The number of aryl methyl sites for hydroxylation is 2. The Morgan fingerprint density at radius 3 is 2.72 bits per heavy atom. The first-order valence-corrected chi connectivity index (χ1v) is 6.87. The fourth-order valence-corrected chi connectivity index (χ4v) is 2.37. The summed E-state index contributed by atoms with van der Waals surface area (Å²) < 4.78 is 2.12. The Bertz CT molecular complexity index is 367. The van der Waals surface area contributed by atoms with Crippen molar-refractivity contribution in [2.45, 2.75) is 13.3 Å². The number of nitrogens with zero attached hydrogens (tertiary/aromatic N) is 4. The lowest BCUT2D eigenvalue weighted by atomic mass is 10.3. The quantitative estimate of drug-likeness (QED) is 0.818. The van der Waals surface area contributed by atoms with Crippen LogP contribution in [0.3, 0.4) is 0 Å². The van der Waals surface area contributed by atoms with Crippen molar-refractivity contribution in [3.8, 4) is 0 Å². The molecule has 0 unspecified atom stereocenters. The van der Waals surface area contributed by atoms with Crippen LogP contribution in [-0.2, 0) is 13.5 Å². The minimum Gasteiger partial charge on any atom is -0.344 e. The van der Waals surface area contributed by atoms with Gasteiger partial charge in [0.15, 0.2) is 0 Å². The molecule has 2 rings (SSSR count). The summed E-state index contributed by atoms with van der Waals surface area (Å²) in [5.41, 5.74) is 1.17. The summed E-state index contributed by atoms with van der Waals surface area (Å²) in [6.45, 7) is 8.86. The van der Waals surface area contributed by atoms with Crippen LogP contribution in [0.4, 0.5) is 5.95 Å². The Kier molecular flexibility index (Phi) is 4.60. The van der Waals surface area contributed by atoms with Crippen LogP contribution < -0.4 is 10.2 Å². The molecule has 1 aromatic heterocycles. The maximum absolute atomic E-state index is 4.65. The van der Waals surface area contributed by atoms with Gasteiger partial charge in [0.05, 0.1) is 5.69 Å². The average molecular weight is 251 g/mol. The third kappa shape index (κ3) is 3.23. The van der Waals surface area contributed by atoms with Crippen LogP contribution in [0.1, 0.15) is 12.6 Å². The van der Waals surface area contributed by atoms with Crippen LogP contribution in [0.2, 0.25) is 0 Å². The van der Waals surface area contributed by atoms with Crippen LogP contribution >= 0.6 is 0 Å². The SMILES string of the molecule is CCc1cn(C)c(N(C)CCN2CCNCC2)n1. The highest BCUT2D eigenvalue weighted by Gasteiger charge is 2.13. The maximum Gasteiger partial charge on any atom is 0.205 e. The molecule has 0 aromatic carbocycles. The van der Waals surface area contributed by atoms with Crippen molar-refractivity contribution in [2.24, 2.45) is 7.05 Å². The molecule has 1 saturated heterocycles. The lowest BCUT2D eigenvalue weighted by Gasteiger charge is -2.29. The standard InChI is InChI=1S/C13H25N5/c1-4-12-11-17(3)13(15-12)16(2)9-10-18-7-5-14-6-8-18/h11,14H,4-10H2,1-3H3. The summed E-state index contributed by atoms with van der Waals surface area (Å²) in [6.07, 6.45) is 3.12. The lowest BCUT2D eigenvalue weighted by molar-refractivity contribution is 0.246. The van der Waals surface area contributed by atoms with Crippen molar-refractivity contribution < 1.29 is 0 Å². The monoisotopic (exact) mass is 251 g/mol. The highest BCUT2D eigenvalue weighted by atomic mass is 15.3. The number of rotatable bonds is 5. The fourth-order valence-electron chi connectivity index (χ4n) is 2.37. The summed E-state index contributed by atoms with van der Waals surface area (Å²) >= 11 is 0. The number of hydrogen-bond donors (Lipinski definition) is 1. The first-order chi connectivity index (χ1) is 8.70. The first kappa shape index (κ1) is 13.4. The van der Waals surface area contributed by atoms with Crippen LogP contribution in [0.15, 0.2) is 6.20 Å². The second-order valence-corrected chi connectivity index (χ2v) is 5.01. The molecule has 0 radical (unpaired) electrons. The summed E-state index contributed by atoms with van der Waals surface area (Å²) in [7, 11) is 4.20. The Labute approximate surface area is 110 Å². The molecular formula is C13H25N5. The fraction of sp³-hybridized carbons (Fsp3) is 0.769. The van der Waals surface area contributed by atoms with Gasteiger partial charge in [-0.3, -0.25) is 4.90 Å². The highest BCUT2D eigenvalue weighted by Crippen LogP contribution is 2.11. The molecule has 1 aliphatic heterocycles. The maximum atomic E-state index is 4.65. The Balaban J connectivity index is 1.86. The zero-order valence-corrected chi connectivity index (χ0v) is 11.8. The van der Waals surface area contributed by atoms with Gasteiger partial charge in [0, 0.05) is 59.6 Å². The number of hydrogen-bond acceptors (Lipinski definition) is 4. The zero-order valence-electron chi connectivity index (χ0n) is 11.8. The second-order valence-electron chi connectivity index (χ2n) is 5.01. The molecule has 0 bridgehead atoms. The van der Waals surface area contributed by atoms with Gasteiger partial charge in [-0.25, -0.2) is 4.98 Å². The topological polar surface area (TPSA) is 36.3 Å². The van der Waals surface area contributed by atoms with Crippen molar-refractivity contribution >= 4 is 5.95 Å². The van der Waals surface area contributed by atoms with Gasteiger partial charge in [-0.1, -0.05) is 6.92 Å². The van der Waals surface area contributed by atoms with E-state index in [2.05, 4.69) is 51.9 Å². The molecule has 0 spiro atoms. The van der Waals surface area contributed by atoms with Crippen molar-refractivity contribution in [1.82, 2.24) is 19.8 Å². The zero-order chi connectivity index (χ0) is 13.0. The van der Waals surface area contributed by atoms with E-state index in [1.807, 2.05) is 0 Å². The molecule has 18 heavy (non-hydrogen) atoms. The molecule has 0 atom stereocenters. The van der Waals surface area contributed by atoms with Gasteiger partial charge in [-0.15, -0.1) is 0 Å². The predicted octanol–water partition coefficient (Wildman–Crippen LogP) is 0.324. The molecule has 102 valence electrons. The van der Waals surface area contributed by atoms with Crippen molar-refractivity contribution in [3.05, 3.63) is 11.9 Å². The van der Waals surface area contributed by atoms with Gasteiger partial charge >= 0.3 is 0 Å². The first-order valence-electron chi connectivity index (χ1n) is 6.87. The van der Waals surface area contributed by atoms with Gasteiger partial charge in [0.25, 0.3) is 0 Å². The third-order valence-corrected chi connectivity index (χ3v) is 3.57. The number of likely N-dealkylation sites (N-methyl/N-ethyl adjacent to an activating group) is 1. The van der Waals surface area contributed by atoms with E-state index in [-0.39, 0.29) is 0 Å². The molecule has 5 heteroatoms. The normalized spacial score (nSPS) is 17.1. The summed E-state index contributed by atoms with van der Waals surface area (Å²) in [5, 5.41) is 3.38. The summed E-state index contributed by atoms with van der Waals surface area (Å²) in [4.78, 5) is 9.41. The van der Waals surface area contributed by atoms with Crippen LogP contribution in [0.5, 0.6) is 0 Å². The minimum absolute atomic E-state index is 0.999. The molecule has 0 amide bonds. The van der Waals surface area contributed by atoms with Gasteiger partial charge < -0.3 is 14.8 Å². The third-order valence-electron chi connectivity index (χ3n) is 3.57. The second kappa shape index (κ2) is 6.20. The molecule has 1 fully saturated rings. The molecule has 0 saturated carbocycles. The molecule has 1 aliphatic rings. The van der Waals surface area contributed by atoms with Gasteiger partial charge in [-0.2, -0.15) is 0 Å². The van der Waals surface area contributed by atoms with E-state index < -0.39 is 0 Å². The van der Waals surface area contributed by atoms with E-state index in [4.69, 9.17) is 0 Å². The van der Waals surface area contributed by atoms with Crippen LogP contribution in [-0.4, -0.2) is 60.8 Å². The van der Waals surface area contributed by atoms with E-state index in [1.165, 1.54) is 5.69 Å². The van der Waals surface area contributed by atoms with E-state index in [1.54, 1.807) is 0 Å². The Morgan fingerprint density at radius 1 is 1.39 bits per heavy atom. The average Bonchev–Trinajstić information content (AvgIpc) is 2.78. The summed E-state index contributed by atoms with van der Waals surface area (Å²) in [5.74, 6) is 1.07. The van der Waals surface area contributed by atoms with E-state index in [0.717, 1.165) is 51.6 Å². The number of nitrogens with one attached hydrogen (secondary N) is 1. The molecule has 1 aromatic rings. The van der Waals surface area contributed by atoms with Gasteiger partial charge in [0.2, 0.25) is 5.95 Å². The van der Waals surface area contributed by atoms with Crippen molar-refractivity contribution in [2.75, 3.05) is 51.2 Å². The molecule has 1 N–H and O–H groups in total. The van der Waals surface area contributed by atoms with Crippen molar-refractivity contribution in [1.29, 1.82) is 0 Å². The van der Waals surface area contributed by atoms with Gasteiger partial charge in [-0.05, 0) is 6.42 Å². The Hall–Kier alpha value is -1.07. The number of anilines is 1. The van der Waals surface area contributed by atoms with Crippen LogP contribution in [0, 0.1) is 0 Å². The molecule has 5 nitrogen and oxygen atoms in total. The predicted molar refractivity (Wildman–Crippen MR) is 75.2 cm³/mol. The van der Waals surface area contributed by atoms with E-state index in [0.29, 0.717) is 0 Å². The number of piperazine rings is 1. The highest BCUT2D eigenvalue weighted by molar-refractivity contribution is 5.32. The van der Waals surface area contributed by atoms with Gasteiger partial charge in [0.1, 0.15) is 0 Å². The lowest BCUT2D eigenvalue weighted by Crippen LogP contribution is -2.46. The Morgan fingerprint density at radius 2 is 2.11 bits per heavy atom. The molecule has 0 aliphatic carbocycles. The smallest absolute Gasteiger partial charge is 0.205 e. The van der Waals surface area contributed by atoms with Crippen LogP contribution in [0.25, 0.3) is 0 Å². The van der Waals surface area contributed by atoms with E-state index in [9.17, 15) is 0 Å².